The van der Waals surface area contributed by atoms with Crippen LogP contribution in [0.25, 0.3) is 0 Å². The molecule has 2 aliphatic rings. The standard InChI is InChI=1S/C21H21ClF2N2OS/c22-17-5-2-1-4-15(17)21-26(10-11-28-21)20(27)13-25(14-8-9-14)12-16-18(23)6-3-7-19(16)24/h1-7,14,21H,8-13H2/t21-/m1/s1. The quantitative estimate of drug-likeness (QED) is 0.664. The second-order valence-corrected chi connectivity index (χ2v) is 8.76. The Morgan fingerprint density at radius 3 is 2.54 bits per heavy atom. The minimum absolute atomic E-state index is 0.0284. The molecule has 1 atom stereocenters. The summed E-state index contributed by atoms with van der Waals surface area (Å²) >= 11 is 8.03. The van der Waals surface area contributed by atoms with Gasteiger partial charge < -0.3 is 4.90 Å². The van der Waals surface area contributed by atoms with Gasteiger partial charge in [-0.2, -0.15) is 0 Å². The van der Waals surface area contributed by atoms with Gasteiger partial charge in [0.15, 0.2) is 0 Å². The van der Waals surface area contributed by atoms with Crippen molar-refractivity contribution in [3.8, 4) is 0 Å². The highest BCUT2D eigenvalue weighted by Crippen LogP contribution is 2.41. The zero-order valence-electron chi connectivity index (χ0n) is 15.3. The van der Waals surface area contributed by atoms with Gasteiger partial charge >= 0.3 is 0 Å². The normalized spacial score (nSPS) is 19.4. The third kappa shape index (κ3) is 4.19. The summed E-state index contributed by atoms with van der Waals surface area (Å²) in [5.74, 6) is -0.321. The highest BCUT2D eigenvalue weighted by molar-refractivity contribution is 7.99. The van der Waals surface area contributed by atoms with Crippen molar-refractivity contribution in [3.05, 3.63) is 70.2 Å². The monoisotopic (exact) mass is 422 g/mol. The highest BCUT2D eigenvalue weighted by Gasteiger charge is 2.36. The lowest BCUT2D eigenvalue weighted by Gasteiger charge is -2.29. The van der Waals surface area contributed by atoms with Gasteiger partial charge in [0, 0.05) is 41.0 Å². The molecular weight excluding hydrogens is 402 g/mol. The molecule has 1 amide bonds. The Morgan fingerprint density at radius 2 is 1.86 bits per heavy atom. The Hall–Kier alpha value is -1.63. The van der Waals surface area contributed by atoms with Gasteiger partial charge in [0.25, 0.3) is 0 Å². The average molecular weight is 423 g/mol. The Bertz CT molecular complexity index is 857. The smallest absolute Gasteiger partial charge is 0.237 e. The topological polar surface area (TPSA) is 23.6 Å². The molecule has 7 heteroatoms. The third-order valence-electron chi connectivity index (χ3n) is 5.21. The van der Waals surface area contributed by atoms with E-state index in [4.69, 9.17) is 11.6 Å². The summed E-state index contributed by atoms with van der Waals surface area (Å²) in [6, 6.07) is 11.6. The van der Waals surface area contributed by atoms with Crippen LogP contribution in [0.2, 0.25) is 5.02 Å². The SMILES string of the molecule is O=C(CN(Cc1c(F)cccc1F)C1CC1)N1CCS[C@@H]1c1ccccc1Cl. The van der Waals surface area contributed by atoms with Gasteiger partial charge in [-0.15, -0.1) is 11.8 Å². The fourth-order valence-corrected chi connectivity index (χ4v) is 5.18. The van der Waals surface area contributed by atoms with E-state index < -0.39 is 11.6 Å². The molecule has 0 bridgehead atoms. The van der Waals surface area contributed by atoms with E-state index in [1.54, 1.807) is 11.8 Å². The predicted octanol–water partition coefficient (Wildman–Crippen LogP) is 4.86. The summed E-state index contributed by atoms with van der Waals surface area (Å²) in [5, 5.41) is 0.527. The molecule has 1 aliphatic heterocycles. The number of benzene rings is 2. The van der Waals surface area contributed by atoms with Crippen LogP contribution in [0.4, 0.5) is 8.78 Å². The van der Waals surface area contributed by atoms with E-state index in [0.717, 1.165) is 24.2 Å². The zero-order chi connectivity index (χ0) is 19.7. The van der Waals surface area contributed by atoms with Crippen LogP contribution in [0, 0.1) is 11.6 Å². The number of rotatable bonds is 6. The lowest BCUT2D eigenvalue weighted by molar-refractivity contribution is -0.132. The number of thioether (sulfide) groups is 1. The summed E-state index contributed by atoms with van der Waals surface area (Å²) in [6.45, 7) is 0.901. The second-order valence-electron chi connectivity index (χ2n) is 7.17. The van der Waals surface area contributed by atoms with E-state index in [2.05, 4.69) is 0 Å². The Labute approximate surface area is 172 Å². The summed E-state index contributed by atoms with van der Waals surface area (Å²) in [4.78, 5) is 16.8. The molecule has 1 heterocycles. The van der Waals surface area contributed by atoms with Crippen LogP contribution >= 0.6 is 23.4 Å². The lowest BCUT2D eigenvalue weighted by Crippen LogP contribution is -2.41. The van der Waals surface area contributed by atoms with Crippen molar-refractivity contribution in [2.75, 3.05) is 18.8 Å². The van der Waals surface area contributed by atoms with Crippen LogP contribution in [-0.4, -0.2) is 40.6 Å². The number of carbonyl (C=O) groups excluding carboxylic acids is 1. The lowest BCUT2D eigenvalue weighted by atomic mass is 10.1. The molecular formula is C21H21ClF2N2OS. The molecule has 3 nitrogen and oxygen atoms in total. The number of hydrogen-bond donors (Lipinski definition) is 0. The van der Waals surface area contributed by atoms with Crippen molar-refractivity contribution >= 4 is 29.3 Å². The van der Waals surface area contributed by atoms with Crippen molar-refractivity contribution in [1.82, 2.24) is 9.80 Å². The largest absolute Gasteiger partial charge is 0.325 e. The van der Waals surface area contributed by atoms with Gasteiger partial charge in [0.05, 0.1) is 6.54 Å². The van der Waals surface area contributed by atoms with E-state index in [9.17, 15) is 13.6 Å². The molecule has 2 fully saturated rings. The van der Waals surface area contributed by atoms with E-state index in [0.29, 0.717) is 11.6 Å². The van der Waals surface area contributed by atoms with Crippen molar-refractivity contribution in [1.29, 1.82) is 0 Å². The molecule has 2 aromatic carbocycles. The summed E-state index contributed by atoms with van der Waals surface area (Å²) in [6.07, 6.45) is 1.90. The number of amides is 1. The number of halogens is 3. The molecule has 0 spiro atoms. The molecule has 148 valence electrons. The van der Waals surface area contributed by atoms with E-state index >= 15 is 0 Å². The van der Waals surface area contributed by atoms with Crippen LogP contribution in [0.3, 0.4) is 0 Å². The average Bonchev–Trinajstić information content (AvgIpc) is 3.41. The van der Waals surface area contributed by atoms with E-state index in [1.807, 2.05) is 34.1 Å². The third-order valence-corrected chi connectivity index (χ3v) is 6.79. The maximum Gasteiger partial charge on any atom is 0.237 e. The maximum atomic E-state index is 14.1. The van der Waals surface area contributed by atoms with Crippen molar-refractivity contribution in [2.45, 2.75) is 30.8 Å². The Balaban J connectivity index is 1.50. The van der Waals surface area contributed by atoms with E-state index in [-0.39, 0.29) is 36.0 Å². The van der Waals surface area contributed by atoms with Gasteiger partial charge in [0.1, 0.15) is 17.0 Å². The molecule has 0 radical (unpaired) electrons. The van der Waals surface area contributed by atoms with Crippen molar-refractivity contribution < 1.29 is 13.6 Å². The van der Waals surface area contributed by atoms with Crippen molar-refractivity contribution in [2.24, 2.45) is 0 Å². The highest BCUT2D eigenvalue weighted by atomic mass is 35.5. The van der Waals surface area contributed by atoms with Crippen LogP contribution in [0.1, 0.15) is 29.3 Å². The molecule has 1 saturated heterocycles. The number of hydrogen-bond acceptors (Lipinski definition) is 3. The first-order valence-corrected chi connectivity index (χ1v) is 10.8. The van der Waals surface area contributed by atoms with Crippen LogP contribution < -0.4 is 0 Å². The number of nitrogens with zero attached hydrogens (tertiary/aromatic N) is 2. The fraction of sp³-hybridized carbons (Fsp3) is 0.381. The van der Waals surface area contributed by atoms with Crippen LogP contribution in [0.15, 0.2) is 42.5 Å². The maximum absolute atomic E-state index is 14.1. The van der Waals surface area contributed by atoms with Gasteiger partial charge in [-0.05, 0) is 31.0 Å². The molecule has 1 aliphatic carbocycles. The van der Waals surface area contributed by atoms with Crippen LogP contribution in [0.5, 0.6) is 0 Å². The first kappa shape index (κ1) is 19.7. The van der Waals surface area contributed by atoms with Gasteiger partial charge in [-0.1, -0.05) is 35.9 Å². The minimum Gasteiger partial charge on any atom is -0.325 e. The molecule has 0 aromatic heterocycles. The molecule has 0 N–H and O–H groups in total. The second kappa shape index (κ2) is 8.39. The Morgan fingerprint density at radius 1 is 1.14 bits per heavy atom. The van der Waals surface area contributed by atoms with E-state index in [1.165, 1.54) is 18.2 Å². The first-order chi connectivity index (χ1) is 13.5. The minimum atomic E-state index is -0.566. The van der Waals surface area contributed by atoms with Gasteiger partial charge in [-0.25, -0.2) is 8.78 Å². The molecule has 0 unspecified atom stereocenters. The molecule has 28 heavy (non-hydrogen) atoms. The number of carbonyl (C=O) groups is 1. The zero-order valence-corrected chi connectivity index (χ0v) is 16.9. The van der Waals surface area contributed by atoms with Crippen molar-refractivity contribution in [3.63, 3.8) is 0 Å². The van der Waals surface area contributed by atoms with Gasteiger partial charge in [-0.3, -0.25) is 9.69 Å². The Kier molecular flexibility index (Phi) is 5.90. The first-order valence-electron chi connectivity index (χ1n) is 9.37. The summed E-state index contributed by atoms with van der Waals surface area (Å²) < 4.78 is 28.2. The van der Waals surface area contributed by atoms with Gasteiger partial charge in [0.2, 0.25) is 5.91 Å². The fourth-order valence-electron chi connectivity index (χ4n) is 3.56. The molecule has 2 aromatic rings. The molecule has 4 rings (SSSR count). The predicted molar refractivity (Wildman–Crippen MR) is 108 cm³/mol. The molecule has 1 saturated carbocycles. The summed E-state index contributed by atoms with van der Waals surface area (Å²) in [5.41, 5.74) is 0.957. The van der Waals surface area contributed by atoms with Crippen LogP contribution in [-0.2, 0) is 11.3 Å². The summed E-state index contributed by atoms with van der Waals surface area (Å²) in [7, 11) is 0.